The molecule has 4 heteroatoms. The van der Waals surface area contributed by atoms with Crippen LogP contribution in [0.3, 0.4) is 0 Å². The Bertz CT molecular complexity index is 1420. The molecule has 1 aliphatic heterocycles. The zero-order chi connectivity index (χ0) is 24.0. The molecule has 1 aromatic heterocycles. The Balaban J connectivity index is 1.78. The van der Waals surface area contributed by atoms with Crippen molar-refractivity contribution >= 4 is 51.9 Å². The number of rotatable bonds is 3. The zero-order valence-electron chi connectivity index (χ0n) is 20.4. The molecule has 0 amide bonds. The van der Waals surface area contributed by atoms with Crippen LogP contribution in [0.2, 0.25) is 0 Å². The van der Waals surface area contributed by atoms with Crippen LogP contribution in [-0.4, -0.2) is 24.8 Å². The maximum Gasteiger partial charge on any atom is 0.245 e. The fraction of sp³-hybridized carbons (Fsp3) is 0.0968. The molecular formula is C31H27BN2Si. The minimum atomic E-state index is -2.54. The van der Waals surface area contributed by atoms with E-state index in [0.717, 1.165) is 17.2 Å². The third-order valence-electron chi connectivity index (χ3n) is 7.49. The summed E-state index contributed by atoms with van der Waals surface area (Å²) in [6.07, 6.45) is 0. The van der Waals surface area contributed by atoms with E-state index >= 15 is 0 Å². The van der Waals surface area contributed by atoms with Gasteiger partial charge in [0.25, 0.3) is 0 Å². The Morgan fingerprint density at radius 3 is 1.37 bits per heavy atom. The minimum absolute atomic E-state index is 0.107. The maximum atomic E-state index is 4.81. The maximum absolute atomic E-state index is 4.81. The number of aromatic nitrogens is 2. The number of aryl methyl sites for hydroxylation is 3. The second-order valence-corrected chi connectivity index (χ2v) is 13.2. The standard InChI is InChI=1S/C31H27BN2Si/c1-22-31(23(2)34-24(3)33-22)32-27-18-10-12-20-29(27)35(25-14-6-4-7-15-25,26-16-8-5-9-17-26)30-21-13-11-19-28(30)32/h4-21H,1-3H3. The van der Waals surface area contributed by atoms with E-state index in [1.807, 2.05) is 6.92 Å². The monoisotopic (exact) mass is 466 g/mol. The smallest absolute Gasteiger partial charge is 0.239 e. The normalized spacial score (nSPS) is 13.7. The summed E-state index contributed by atoms with van der Waals surface area (Å²) in [5.74, 6) is 0.832. The van der Waals surface area contributed by atoms with Gasteiger partial charge in [-0.1, -0.05) is 120 Å². The molecule has 0 unspecified atom stereocenters. The average Bonchev–Trinajstić information content (AvgIpc) is 2.89. The van der Waals surface area contributed by atoms with E-state index in [0.29, 0.717) is 0 Å². The quantitative estimate of drug-likeness (QED) is 0.371. The summed E-state index contributed by atoms with van der Waals surface area (Å²) in [5.41, 5.74) is 6.13. The zero-order valence-corrected chi connectivity index (χ0v) is 21.4. The number of hydrogen-bond acceptors (Lipinski definition) is 2. The topological polar surface area (TPSA) is 25.8 Å². The summed E-state index contributed by atoms with van der Waals surface area (Å²) >= 11 is 0. The van der Waals surface area contributed by atoms with Crippen LogP contribution in [0.5, 0.6) is 0 Å². The lowest BCUT2D eigenvalue weighted by Gasteiger charge is -2.43. The number of hydrogen-bond donors (Lipinski definition) is 0. The Hall–Kier alpha value is -3.76. The van der Waals surface area contributed by atoms with Crippen molar-refractivity contribution < 1.29 is 0 Å². The van der Waals surface area contributed by atoms with Crippen molar-refractivity contribution in [1.82, 2.24) is 9.97 Å². The molecule has 4 aromatic carbocycles. The van der Waals surface area contributed by atoms with Crippen molar-refractivity contribution in [3.05, 3.63) is 126 Å². The van der Waals surface area contributed by atoms with E-state index in [1.54, 1.807) is 0 Å². The van der Waals surface area contributed by atoms with Crippen LogP contribution in [0.25, 0.3) is 0 Å². The molecule has 0 radical (unpaired) electrons. The molecule has 0 saturated carbocycles. The Morgan fingerprint density at radius 2 is 0.914 bits per heavy atom. The fourth-order valence-electron chi connectivity index (χ4n) is 6.28. The molecule has 0 atom stereocenters. The molecule has 6 rings (SSSR count). The molecule has 0 N–H and O–H groups in total. The van der Waals surface area contributed by atoms with E-state index in [1.165, 1.54) is 37.1 Å². The molecule has 5 aromatic rings. The third-order valence-corrected chi connectivity index (χ3v) is 12.4. The van der Waals surface area contributed by atoms with Crippen LogP contribution in [0.4, 0.5) is 0 Å². The molecular weight excluding hydrogens is 439 g/mol. The second-order valence-electron chi connectivity index (χ2n) is 9.44. The minimum Gasteiger partial charge on any atom is -0.239 e. The highest BCUT2D eigenvalue weighted by molar-refractivity contribution is 7.26. The molecule has 0 aliphatic carbocycles. The van der Waals surface area contributed by atoms with Gasteiger partial charge in [0.1, 0.15) is 5.82 Å². The predicted octanol–water partition coefficient (Wildman–Crippen LogP) is 1.61. The summed E-state index contributed by atoms with van der Waals surface area (Å²) in [5, 5.41) is 5.75. The molecule has 0 bridgehead atoms. The Labute approximate surface area is 208 Å². The van der Waals surface area contributed by atoms with E-state index in [-0.39, 0.29) is 6.71 Å². The van der Waals surface area contributed by atoms with Crippen LogP contribution >= 0.6 is 0 Å². The van der Waals surface area contributed by atoms with E-state index in [2.05, 4.69) is 123 Å². The van der Waals surface area contributed by atoms with Gasteiger partial charge < -0.3 is 0 Å². The van der Waals surface area contributed by atoms with Crippen LogP contribution in [0, 0.1) is 20.8 Å². The van der Waals surface area contributed by atoms with Gasteiger partial charge in [0.15, 0.2) is 8.07 Å². The molecule has 0 spiro atoms. The highest BCUT2D eigenvalue weighted by Gasteiger charge is 2.50. The average molecular weight is 466 g/mol. The molecule has 0 fully saturated rings. The largest absolute Gasteiger partial charge is 0.245 e. The van der Waals surface area contributed by atoms with Crippen molar-refractivity contribution in [2.75, 3.05) is 0 Å². The predicted molar refractivity (Wildman–Crippen MR) is 151 cm³/mol. The molecule has 0 saturated heterocycles. The molecule has 1 aliphatic rings. The van der Waals surface area contributed by atoms with Crippen LogP contribution in [-0.2, 0) is 0 Å². The van der Waals surface area contributed by atoms with Crippen molar-refractivity contribution in [2.45, 2.75) is 20.8 Å². The Morgan fingerprint density at radius 1 is 0.514 bits per heavy atom. The highest BCUT2D eigenvalue weighted by Crippen LogP contribution is 2.13. The first kappa shape index (κ1) is 21.8. The van der Waals surface area contributed by atoms with Gasteiger partial charge in [-0.05, 0) is 47.0 Å². The van der Waals surface area contributed by atoms with Gasteiger partial charge >= 0.3 is 0 Å². The highest BCUT2D eigenvalue weighted by atomic mass is 28.3. The summed E-state index contributed by atoms with van der Waals surface area (Å²) in [4.78, 5) is 9.62. The van der Waals surface area contributed by atoms with Crippen molar-refractivity contribution in [3.63, 3.8) is 0 Å². The van der Waals surface area contributed by atoms with Gasteiger partial charge in [-0.2, -0.15) is 0 Å². The van der Waals surface area contributed by atoms with Gasteiger partial charge in [-0.25, -0.2) is 9.97 Å². The summed E-state index contributed by atoms with van der Waals surface area (Å²) in [7, 11) is -2.54. The van der Waals surface area contributed by atoms with Gasteiger partial charge in [0.2, 0.25) is 6.71 Å². The molecule has 168 valence electrons. The first-order valence-electron chi connectivity index (χ1n) is 12.2. The molecule has 2 heterocycles. The first-order chi connectivity index (χ1) is 17.1. The van der Waals surface area contributed by atoms with Crippen LogP contribution < -0.4 is 37.1 Å². The Kier molecular flexibility index (Phi) is 5.27. The number of nitrogens with zero attached hydrogens (tertiary/aromatic N) is 2. The lowest BCUT2D eigenvalue weighted by Crippen LogP contribution is -2.86. The second kappa shape index (κ2) is 8.47. The summed E-state index contributed by atoms with van der Waals surface area (Å²) < 4.78 is 0. The van der Waals surface area contributed by atoms with Crippen LogP contribution in [0.1, 0.15) is 17.2 Å². The third kappa shape index (κ3) is 3.24. The SMILES string of the molecule is Cc1nc(C)c(B2c3ccccc3[Si](c3ccccc3)(c3ccccc3)c3ccccc32)c(C)n1. The summed E-state index contributed by atoms with van der Waals surface area (Å²) in [6.45, 7) is 6.36. The van der Waals surface area contributed by atoms with Gasteiger partial charge in [0, 0.05) is 11.4 Å². The number of fused-ring (bicyclic) bond motifs is 2. The summed E-state index contributed by atoms with van der Waals surface area (Å²) in [6, 6.07) is 40.5. The number of benzene rings is 4. The molecule has 35 heavy (non-hydrogen) atoms. The lowest BCUT2D eigenvalue weighted by atomic mass is 9.36. The van der Waals surface area contributed by atoms with Crippen LogP contribution in [0.15, 0.2) is 109 Å². The van der Waals surface area contributed by atoms with Crippen molar-refractivity contribution in [3.8, 4) is 0 Å². The van der Waals surface area contributed by atoms with Gasteiger partial charge in [-0.3, -0.25) is 0 Å². The van der Waals surface area contributed by atoms with Gasteiger partial charge in [-0.15, -0.1) is 0 Å². The van der Waals surface area contributed by atoms with Gasteiger partial charge in [0.05, 0.1) is 0 Å². The fourth-order valence-corrected chi connectivity index (χ4v) is 11.5. The van der Waals surface area contributed by atoms with Crippen molar-refractivity contribution in [2.24, 2.45) is 0 Å². The molecule has 2 nitrogen and oxygen atoms in total. The van der Waals surface area contributed by atoms with Crippen molar-refractivity contribution in [1.29, 1.82) is 0 Å². The van der Waals surface area contributed by atoms with E-state index in [4.69, 9.17) is 9.97 Å². The first-order valence-corrected chi connectivity index (χ1v) is 14.2. The van der Waals surface area contributed by atoms with E-state index < -0.39 is 8.07 Å². The lowest BCUT2D eigenvalue weighted by molar-refractivity contribution is 0.991. The van der Waals surface area contributed by atoms with E-state index in [9.17, 15) is 0 Å².